The lowest BCUT2D eigenvalue weighted by Crippen LogP contribution is -2.58. The first-order chi connectivity index (χ1) is 5.84. The molecule has 2 aliphatic rings. The van der Waals surface area contributed by atoms with Gasteiger partial charge in [0, 0.05) is 25.2 Å². The molecule has 2 unspecified atom stereocenters. The van der Waals surface area contributed by atoms with E-state index in [4.69, 9.17) is 0 Å². The standard InChI is InChI=1S/C10H20N2/c1-8-3-2-4-9(5-8)12-10-6-11-7-10/h8-12H,2-7H2,1H3. The molecule has 2 rings (SSSR count). The zero-order valence-corrected chi connectivity index (χ0v) is 7.97. The van der Waals surface area contributed by atoms with Gasteiger partial charge in [0.05, 0.1) is 0 Å². The van der Waals surface area contributed by atoms with E-state index in [0.717, 1.165) is 18.0 Å². The first-order valence-electron chi connectivity index (χ1n) is 5.31. The topological polar surface area (TPSA) is 24.1 Å². The quantitative estimate of drug-likeness (QED) is 0.646. The molecule has 1 heterocycles. The van der Waals surface area contributed by atoms with Gasteiger partial charge in [-0.2, -0.15) is 0 Å². The highest BCUT2D eigenvalue weighted by atomic mass is 15.1. The maximum absolute atomic E-state index is 3.72. The fourth-order valence-electron chi connectivity index (χ4n) is 2.33. The minimum absolute atomic E-state index is 0.778. The Morgan fingerprint density at radius 3 is 2.58 bits per heavy atom. The molecule has 1 saturated heterocycles. The lowest BCUT2D eigenvalue weighted by atomic mass is 9.86. The van der Waals surface area contributed by atoms with Gasteiger partial charge in [0.15, 0.2) is 0 Å². The highest BCUT2D eigenvalue weighted by molar-refractivity contribution is 4.86. The molecule has 0 amide bonds. The molecule has 12 heavy (non-hydrogen) atoms. The maximum Gasteiger partial charge on any atom is 0.0319 e. The number of hydrogen-bond donors (Lipinski definition) is 2. The van der Waals surface area contributed by atoms with Gasteiger partial charge in [-0.3, -0.25) is 0 Å². The Kier molecular flexibility index (Phi) is 2.66. The van der Waals surface area contributed by atoms with E-state index in [-0.39, 0.29) is 0 Å². The van der Waals surface area contributed by atoms with E-state index in [1.807, 2.05) is 0 Å². The normalized spacial score (nSPS) is 37.8. The third kappa shape index (κ3) is 1.99. The minimum Gasteiger partial charge on any atom is -0.314 e. The van der Waals surface area contributed by atoms with Gasteiger partial charge in [0.25, 0.3) is 0 Å². The number of hydrogen-bond acceptors (Lipinski definition) is 2. The van der Waals surface area contributed by atoms with Gasteiger partial charge in [0.2, 0.25) is 0 Å². The predicted octanol–water partition coefficient (Wildman–Crippen LogP) is 1.13. The van der Waals surface area contributed by atoms with Gasteiger partial charge in [-0.25, -0.2) is 0 Å². The molecular weight excluding hydrogens is 148 g/mol. The van der Waals surface area contributed by atoms with Crippen molar-refractivity contribution in [3.05, 3.63) is 0 Å². The second kappa shape index (κ2) is 3.75. The summed E-state index contributed by atoms with van der Waals surface area (Å²) >= 11 is 0. The van der Waals surface area contributed by atoms with Crippen LogP contribution in [0.25, 0.3) is 0 Å². The Balaban J connectivity index is 1.71. The second-order valence-electron chi connectivity index (χ2n) is 4.49. The van der Waals surface area contributed by atoms with Gasteiger partial charge >= 0.3 is 0 Å². The average Bonchev–Trinajstić information content (AvgIpc) is 1.97. The van der Waals surface area contributed by atoms with Crippen LogP contribution in [0.5, 0.6) is 0 Å². The van der Waals surface area contributed by atoms with Crippen molar-refractivity contribution in [1.29, 1.82) is 0 Å². The summed E-state index contributed by atoms with van der Waals surface area (Å²) in [6.45, 7) is 4.75. The highest BCUT2D eigenvalue weighted by Crippen LogP contribution is 2.23. The van der Waals surface area contributed by atoms with Gasteiger partial charge < -0.3 is 10.6 Å². The third-order valence-electron chi connectivity index (χ3n) is 3.19. The van der Waals surface area contributed by atoms with Gasteiger partial charge in [-0.1, -0.05) is 19.8 Å². The Morgan fingerprint density at radius 1 is 1.17 bits per heavy atom. The molecule has 0 bridgehead atoms. The van der Waals surface area contributed by atoms with Crippen LogP contribution >= 0.6 is 0 Å². The SMILES string of the molecule is CC1CCCC(NC2CNC2)C1. The van der Waals surface area contributed by atoms with Crippen LogP contribution in [0.3, 0.4) is 0 Å². The van der Waals surface area contributed by atoms with E-state index in [9.17, 15) is 0 Å². The Morgan fingerprint density at radius 2 is 2.00 bits per heavy atom. The summed E-state index contributed by atoms with van der Waals surface area (Å²) in [6.07, 6.45) is 5.68. The molecule has 0 radical (unpaired) electrons. The molecular formula is C10H20N2. The molecule has 70 valence electrons. The van der Waals surface area contributed by atoms with Crippen molar-refractivity contribution in [3.63, 3.8) is 0 Å². The number of nitrogens with one attached hydrogen (secondary N) is 2. The summed E-state index contributed by atoms with van der Waals surface area (Å²) in [6, 6.07) is 1.60. The molecule has 1 aliphatic carbocycles. The van der Waals surface area contributed by atoms with Gasteiger partial charge in [0.1, 0.15) is 0 Å². The molecule has 2 atom stereocenters. The van der Waals surface area contributed by atoms with Crippen LogP contribution in [-0.4, -0.2) is 25.2 Å². The van der Waals surface area contributed by atoms with Crippen LogP contribution in [0.15, 0.2) is 0 Å². The zero-order chi connectivity index (χ0) is 8.39. The molecule has 0 aromatic heterocycles. The summed E-state index contributed by atoms with van der Waals surface area (Å²) in [5.74, 6) is 0.948. The predicted molar refractivity (Wildman–Crippen MR) is 51.2 cm³/mol. The molecule has 0 spiro atoms. The zero-order valence-electron chi connectivity index (χ0n) is 7.97. The minimum atomic E-state index is 0.778. The summed E-state index contributed by atoms with van der Waals surface area (Å²) in [4.78, 5) is 0. The fourth-order valence-corrected chi connectivity index (χ4v) is 2.33. The highest BCUT2D eigenvalue weighted by Gasteiger charge is 2.24. The molecule has 2 nitrogen and oxygen atoms in total. The monoisotopic (exact) mass is 168 g/mol. The van der Waals surface area contributed by atoms with Crippen LogP contribution in [-0.2, 0) is 0 Å². The number of rotatable bonds is 2. The summed E-state index contributed by atoms with van der Waals surface area (Å²) in [5, 5.41) is 7.02. The fraction of sp³-hybridized carbons (Fsp3) is 1.00. The van der Waals surface area contributed by atoms with E-state index in [0.29, 0.717) is 0 Å². The average molecular weight is 168 g/mol. The van der Waals surface area contributed by atoms with E-state index in [1.165, 1.54) is 38.8 Å². The van der Waals surface area contributed by atoms with E-state index >= 15 is 0 Å². The van der Waals surface area contributed by atoms with E-state index < -0.39 is 0 Å². The lowest BCUT2D eigenvalue weighted by molar-refractivity contribution is 0.249. The molecule has 1 saturated carbocycles. The van der Waals surface area contributed by atoms with Crippen LogP contribution in [0.4, 0.5) is 0 Å². The molecule has 1 aliphatic heterocycles. The summed E-state index contributed by atoms with van der Waals surface area (Å²) in [7, 11) is 0. The van der Waals surface area contributed by atoms with Crippen molar-refractivity contribution in [2.45, 2.75) is 44.7 Å². The van der Waals surface area contributed by atoms with Crippen LogP contribution < -0.4 is 10.6 Å². The van der Waals surface area contributed by atoms with Gasteiger partial charge in [-0.15, -0.1) is 0 Å². The second-order valence-corrected chi connectivity index (χ2v) is 4.49. The van der Waals surface area contributed by atoms with Crippen molar-refractivity contribution < 1.29 is 0 Å². The molecule has 2 N–H and O–H groups in total. The summed E-state index contributed by atoms with van der Waals surface area (Å²) in [5.41, 5.74) is 0. The first kappa shape index (κ1) is 8.52. The van der Waals surface area contributed by atoms with E-state index in [2.05, 4.69) is 17.6 Å². The third-order valence-corrected chi connectivity index (χ3v) is 3.19. The van der Waals surface area contributed by atoms with Crippen LogP contribution in [0, 0.1) is 5.92 Å². The van der Waals surface area contributed by atoms with Crippen molar-refractivity contribution in [3.8, 4) is 0 Å². The molecule has 2 heteroatoms. The lowest BCUT2D eigenvalue weighted by Gasteiger charge is -2.35. The first-order valence-corrected chi connectivity index (χ1v) is 5.31. The Hall–Kier alpha value is -0.0800. The van der Waals surface area contributed by atoms with Crippen molar-refractivity contribution in [2.75, 3.05) is 13.1 Å². The Labute approximate surface area is 75.1 Å². The van der Waals surface area contributed by atoms with Crippen molar-refractivity contribution in [2.24, 2.45) is 5.92 Å². The largest absolute Gasteiger partial charge is 0.314 e. The Bertz CT molecular complexity index is 143. The van der Waals surface area contributed by atoms with E-state index in [1.54, 1.807) is 0 Å². The molecule has 2 fully saturated rings. The van der Waals surface area contributed by atoms with Crippen LogP contribution in [0.2, 0.25) is 0 Å². The van der Waals surface area contributed by atoms with Crippen molar-refractivity contribution >= 4 is 0 Å². The molecule has 0 aromatic carbocycles. The molecule has 0 aromatic rings. The smallest absolute Gasteiger partial charge is 0.0319 e. The maximum atomic E-state index is 3.72. The van der Waals surface area contributed by atoms with Gasteiger partial charge in [-0.05, 0) is 18.8 Å². The van der Waals surface area contributed by atoms with Crippen LogP contribution in [0.1, 0.15) is 32.6 Å². The van der Waals surface area contributed by atoms with Crippen molar-refractivity contribution in [1.82, 2.24) is 10.6 Å². The summed E-state index contributed by atoms with van der Waals surface area (Å²) < 4.78 is 0.